The number of amides is 4. The number of aromatic amines is 1. The molecule has 2 aromatic carbocycles. The Morgan fingerprint density at radius 1 is 0.860 bits per heavy atom. The lowest BCUT2D eigenvalue weighted by atomic mass is 9.98. The second-order valence-corrected chi connectivity index (χ2v) is 11.0. The van der Waals surface area contributed by atoms with E-state index in [9.17, 15) is 19.2 Å². The van der Waals surface area contributed by atoms with Crippen LogP contribution in [0.15, 0.2) is 77.9 Å². The fourth-order valence-corrected chi connectivity index (χ4v) is 5.77. The topological polar surface area (TPSA) is 129 Å². The van der Waals surface area contributed by atoms with Crippen molar-refractivity contribution in [2.24, 2.45) is 0 Å². The molecule has 0 aliphatic carbocycles. The average Bonchev–Trinajstić information content (AvgIpc) is 3.42. The highest BCUT2D eigenvalue weighted by Crippen LogP contribution is 2.24. The largest absolute Gasteiger partial charge is 0.378 e. The van der Waals surface area contributed by atoms with E-state index in [1.54, 1.807) is 76.8 Å². The van der Waals surface area contributed by atoms with E-state index < -0.39 is 12.1 Å². The summed E-state index contributed by atoms with van der Waals surface area (Å²) in [5.74, 6) is -0.637. The van der Waals surface area contributed by atoms with Gasteiger partial charge in [0, 0.05) is 72.4 Å². The minimum atomic E-state index is -0.546. The molecule has 6 rings (SSSR count). The molecule has 222 valence electrons. The van der Waals surface area contributed by atoms with E-state index in [-0.39, 0.29) is 29.9 Å². The van der Waals surface area contributed by atoms with Gasteiger partial charge >= 0.3 is 6.03 Å². The summed E-state index contributed by atoms with van der Waals surface area (Å²) in [6.45, 7) is 2.65. The first-order valence-corrected chi connectivity index (χ1v) is 14.5. The Hall–Kier alpha value is -4.61. The smallest absolute Gasteiger partial charge is 0.320 e. The van der Waals surface area contributed by atoms with Crippen LogP contribution < -0.4 is 16.2 Å². The highest BCUT2D eigenvalue weighted by Gasteiger charge is 2.35. The molecule has 4 aromatic rings. The van der Waals surface area contributed by atoms with Crippen molar-refractivity contribution in [1.82, 2.24) is 30.0 Å². The highest BCUT2D eigenvalue weighted by molar-refractivity contribution is 6.35. The number of pyridine rings is 1. The van der Waals surface area contributed by atoms with Crippen molar-refractivity contribution in [1.29, 1.82) is 0 Å². The van der Waals surface area contributed by atoms with Crippen molar-refractivity contribution in [3.63, 3.8) is 0 Å². The molecular weight excluding hydrogens is 572 g/mol. The van der Waals surface area contributed by atoms with Crippen molar-refractivity contribution in [2.75, 3.05) is 39.4 Å². The standard InChI is InChI=1S/C31H31ClN6O5/c32-24-18-33-26-17-21(6-9-23(24)26)30(41)34-25-10-12-37(31(42)36-13-15-43-16-14-36)19-27(25)35-29(40)20-4-7-22(8-5-20)38-11-2-1-3-28(38)39/h1-9,11,17-18,25,27,33H,10,12-16,19H2,(H,34,41)(H,35,40)/t25-,27+/m1/s1. The molecule has 0 spiro atoms. The number of benzene rings is 2. The number of H-pyrrole nitrogens is 1. The van der Waals surface area contributed by atoms with Gasteiger partial charge in [-0.2, -0.15) is 0 Å². The molecule has 12 heteroatoms. The van der Waals surface area contributed by atoms with Crippen LogP contribution in [0.2, 0.25) is 5.02 Å². The number of nitrogens with zero attached hydrogens (tertiary/aromatic N) is 3. The number of hydrogen-bond donors (Lipinski definition) is 3. The lowest BCUT2D eigenvalue weighted by Crippen LogP contribution is -2.63. The Balaban J connectivity index is 1.20. The van der Waals surface area contributed by atoms with Gasteiger partial charge in [-0.3, -0.25) is 19.0 Å². The molecule has 4 heterocycles. The first kappa shape index (κ1) is 28.5. The van der Waals surface area contributed by atoms with Gasteiger partial charge < -0.3 is 30.2 Å². The molecule has 43 heavy (non-hydrogen) atoms. The van der Waals surface area contributed by atoms with Gasteiger partial charge in [0.25, 0.3) is 17.4 Å². The Labute approximate surface area is 252 Å². The summed E-state index contributed by atoms with van der Waals surface area (Å²) < 4.78 is 6.88. The molecule has 2 aliphatic rings. The van der Waals surface area contributed by atoms with Gasteiger partial charge in [-0.25, -0.2) is 4.79 Å². The molecule has 0 unspecified atom stereocenters. The van der Waals surface area contributed by atoms with Crippen molar-refractivity contribution in [2.45, 2.75) is 18.5 Å². The normalized spacial score (nSPS) is 18.8. The zero-order valence-electron chi connectivity index (χ0n) is 23.3. The molecule has 2 aliphatic heterocycles. The predicted molar refractivity (Wildman–Crippen MR) is 162 cm³/mol. The van der Waals surface area contributed by atoms with E-state index in [1.165, 1.54) is 10.6 Å². The van der Waals surface area contributed by atoms with Crippen LogP contribution in [-0.4, -0.2) is 88.7 Å². The number of carbonyl (C=O) groups excluding carboxylic acids is 3. The fraction of sp³-hybridized carbons (Fsp3) is 0.290. The minimum absolute atomic E-state index is 0.112. The molecule has 0 bridgehead atoms. The number of likely N-dealkylation sites (tertiary alicyclic amines) is 1. The van der Waals surface area contributed by atoms with Crippen LogP contribution >= 0.6 is 11.6 Å². The van der Waals surface area contributed by atoms with Gasteiger partial charge in [-0.1, -0.05) is 23.7 Å². The third-order valence-corrected chi connectivity index (χ3v) is 8.23. The van der Waals surface area contributed by atoms with E-state index in [2.05, 4.69) is 15.6 Å². The van der Waals surface area contributed by atoms with Gasteiger partial charge in [-0.15, -0.1) is 0 Å². The highest BCUT2D eigenvalue weighted by atomic mass is 35.5. The molecule has 4 amide bonds. The number of nitrogens with one attached hydrogen (secondary N) is 3. The number of hydrogen-bond acceptors (Lipinski definition) is 5. The van der Waals surface area contributed by atoms with Crippen LogP contribution in [0.3, 0.4) is 0 Å². The first-order valence-electron chi connectivity index (χ1n) is 14.2. The maximum Gasteiger partial charge on any atom is 0.320 e. The molecule has 3 N–H and O–H groups in total. The summed E-state index contributed by atoms with van der Waals surface area (Å²) in [5.41, 5.74) is 2.05. The average molecular weight is 603 g/mol. The maximum atomic E-state index is 13.4. The number of fused-ring (bicyclic) bond motifs is 1. The summed E-state index contributed by atoms with van der Waals surface area (Å²) in [6, 6.07) is 15.7. The van der Waals surface area contributed by atoms with Gasteiger partial charge in [0.1, 0.15) is 0 Å². The van der Waals surface area contributed by atoms with E-state index in [0.29, 0.717) is 61.1 Å². The van der Waals surface area contributed by atoms with Crippen molar-refractivity contribution in [3.05, 3.63) is 99.6 Å². The molecule has 2 atom stereocenters. The lowest BCUT2D eigenvalue weighted by molar-refractivity contribution is 0.0384. The molecule has 0 saturated carbocycles. The summed E-state index contributed by atoms with van der Waals surface area (Å²) >= 11 is 6.19. The number of morpholine rings is 1. The number of rotatable bonds is 5. The van der Waals surface area contributed by atoms with Crippen LogP contribution in [0.5, 0.6) is 0 Å². The zero-order valence-corrected chi connectivity index (χ0v) is 24.0. The van der Waals surface area contributed by atoms with Crippen molar-refractivity contribution >= 4 is 40.3 Å². The summed E-state index contributed by atoms with van der Waals surface area (Å²) in [6.07, 6.45) is 3.79. The monoisotopic (exact) mass is 602 g/mol. The quantitative estimate of drug-likeness (QED) is 0.323. The number of ether oxygens (including phenoxy) is 1. The lowest BCUT2D eigenvalue weighted by Gasteiger charge is -2.41. The second kappa shape index (κ2) is 12.3. The van der Waals surface area contributed by atoms with Crippen LogP contribution in [-0.2, 0) is 4.74 Å². The molecule has 11 nitrogen and oxygen atoms in total. The SMILES string of the molecule is O=C(N[C@H]1CN(C(=O)N2CCOCC2)CC[C@H]1NC(=O)c1ccc2c(Cl)c[nH]c2c1)c1ccc(-n2ccccc2=O)cc1. The Kier molecular flexibility index (Phi) is 8.17. The van der Waals surface area contributed by atoms with Gasteiger partial charge in [0.05, 0.1) is 30.3 Å². The number of aromatic nitrogens is 2. The minimum Gasteiger partial charge on any atom is -0.378 e. The van der Waals surface area contributed by atoms with Crippen LogP contribution in [0.25, 0.3) is 16.6 Å². The third kappa shape index (κ3) is 6.13. The van der Waals surface area contributed by atoms with Crippen molar-refractivity contribution < 1.29 is 19.1 Å². The van der Waals surface area contributed by atoms with Gasteiger partial charge in [-0.05, 0) is 48.9 Å². The Bertz CT molecular complexity index is 1710. The van der Waals surface area contributed by atoms with Crippen LogP contribution in [0.4, 0.5) is 4.79 Å². The Morgan fingerprint density at radius 3 is 2.35 bits per heavy atom. The van der Waals surface area contributed by atoms with Crippen LogP contribution in [0, 0.1) is 0 Å². The summed E-state index contributed by atoms with van der Waals surface area (Å²) in [4.78, 5) is 58.8. The third-order valence-electron chi connectivity index (χ3n) is 7.92. The Morgan fingerprint density at radius 2 is 1.58 bits per heavy atom. The second-order valence-electron chi connectivity index (χ2n) is 10.6. The summed E-state index contributed by atoms with van der Waals surface area (Å²) in [7, 11) is 0. The van der Waals surface area contributed by atoms with Gasteiger partial charge in [0.2, 0.25) is 0 Å². The number of carbonyl (C=O) groups is 3. The summed E-state index contributed by atoms with van der Waals surface area (Å²) in [5, 5.41) is 7.53. The van der Waals surface area contributed by atoms with E-state index in [0.717, 1.165) is 10.9 Å². The van der Waals surface area contributed by atoms with Gasteiger partial charge in [0.15, 0.2) is 0 Å². The molecule has 2 saturated heterocycles. The fourth-order valence-electron chi connectivity index (χ4n) is 5.55. The first-order chi connectivity index (χ1) is 20.9. The number of piperidine rings is 1. The molecular formula is C31H31ClN6O5. The maximum absolute atomic E-state index is 13.4. The predicted octanol–water partition coefficient (Wildman–Crippen LogP) is 3.03. The van der Waals surface area contributed by atoms with Crippen molar-refractivity contribution in [3.8, 4) is 5.69 Å². The number of halogens is 1. The van der Waals surface area contributed by atoms with Crippen LogP contribution in [0.1, 0.15) is 27.1 Å². The number of urea groups is 1. The van der Waals surface area contributed by atoms with E-state index >= 15 is 0 Å². The molecule has 2 aromatic heterocycles. The molecule has 2 fully saturated rings. The van der Waals surface area contributed by atoms with E-state index in [4.69, 9.17) is 16.3 Å². The molecule has 0 radical (unpaired) electrons. The zero-order chi connectivity index (χ0) is 29.9. The van der Waals surface area contributed by atoms with E-state index in [1.807, 2.05) is 0 Å².